The highest BCUT2D eigenvalue weighted by Gasteiger charge is 2.63. The van der Waals surface area contributed by atoms with Gasteiger partial charge < -0.3 is 31.1 Å². The van der Waals surface area contributed by atoms with Crippen LogP contribution in [0.4, 0.5) is 5.69 Å². The zero-order valence-corrected chi connectivity index (χ0v) is 23.0. The Balaban J connectivity index is 1.72. The first-order chi connectivity index (χ1) is 19.3. The summed E-state index contributed by atoms with van der Waals surface area (Å²) in [5, 5.41) is 45.4. The van der Waals surface area contributed by atoms with Crippen molar-refractivity contribution in [2.24, 2.45) is 17.6 Å². The number of aliphatic hydroxyl groups is 3. The third-order valence-corrected chi connectivity index (χ3v) is 8.17. The van der Waals surface area contributed by atoms with Crippen LogP contribution in [-0.4, -0.2) is 87.6 Å². The molecule has 3 aliphatic carbocycles. The van der Waals surface area contributed by atoms with Crippen LogP contribution in [0.1, 0.15) is 33.6 Å². The number of fused-ring (bicyclic) bond motifs is 3. The maximum absolute atomic E-state index is 14.1. The largest absolute Gasteiger partial charge is 0.510 e. The van der Waals surface area contributed by atoms with Gasteiger partial charge in [0.1, 0.15) is 28.5 Å². The number of aromatic nitrogens is 1. The van der Waals surface area contributed by atoms with Crippen LogP contribution in [-0.2, 0) is 16.0 Å². The van der Waals surface area contributed by atoms with Crippen molar-refractivity contribution in [1.82, 2.24) is 9.88 Å². The average molecular weight is 559 g/mol. The lowest BCUT2D eigenvalue weighted by atomic mass is 9.58. The SMILES string of the molecule is CN(C)c1cc(C#Cc2ccccn2)c(O)c2c1CC1CC3C(N(C)C)C(O)=C(C(N)=O)C(=O)C3(O)C(O)=C1C2=O. The third-order valence-electron chi connectivity index (χ3n) is 8.17. The number of carbonyl (C=O) groups is 3. The zero-order chi connectivity index (χ0) is 30.0. The molecule has 11 heteroatoms. The van der Waals surface area contributed by atoms with Crippen LogP contribution in [0.3, 0.4) is 0 Å². The topological polar surface area (TPSA) is 178 Å². The zero-order valence-electron chi connectivity index (χ0n) is 23.0. The molecule has 0 saturated heterocycles. The second-order valence-corrected chi connectivity index (χ2v) is 11.0. The minimum Gasteiger partial charge on any atom is -0.510 e. The number of likely N-dealkylation sites (N-methyl/N-ethyl adjacent to an activating group) is 1. The van der Waals surface area contributed by atoms with E-state index < -0.39 is 63.8 Å². The summed E-state index contributed by atoms with van der Waals surface area (Å²) < 4.78 is 0. The monoisotopic (exact) mass is 558 g/mol. The first-order valence-corrected chi connectivity index (χ1v) is 12.9. The van der Waals surface area contributed by atoms with E-state index in [0.717, 1.165) is 0 Å². The van der Waals surface area contributed by atoms with Gasteiger partial charge in [-0.05, 0) is 62.5 Å². The fourth-order valence-electron chi connectivity index (χ4n) is 6.36. The number of hydrogen-bond acceptors (Lipinski definition) is 10. The fourth-order valence-corrected chi connectivity index (χ4v) is 6.36. The summed E-state index contributed by atoms with van der Waals surface area (Å²) in [6.07, 6.45) is 1.78. The summed E-state index contributed by atoms with van der Waals surface area (Å²) in [5.41, 5.74) is 3.29. The number of pyridine rings is 1. The lowest BCUT2D eigenvalue weighted by molar-refractivity contribution is -0.148. The highest BCUT2D eigenvalue weighted by molar-refractivity contribution is 6.25. The van der Waals surface area contributed by atoms with Crippen LogP contribution >= 0.6 is 0 Å². The van der Waals surface area contributed by atoms with Crippen LogP contribution in [0.2, 0.25) is 0 Å². The summed E-state index contributed by atoms with van der Waals surface area (Å²) >= 11 is 0. The molecular weight excluding hydrogens is 528 g/mol. The first kappa shape index (κ1) is 27.9. The van der Waals surface area contributed by atoms with E-state index in [-0.39, 0.29) is 29.5 Å². The van der Waals surface area contributed by atoms with Crippen molar-refractivity contribution in [3.8, 4) is 17.6 Å². The smallest absolute Gasteiger partial charge is 0.255 e. The van der Waals surface area contributed by atoms with Crippen molar-refractivity contribution in [1.29, 1.82) is 0 Å². The number of phenolic OH excluding ortho intramolecular Hbond substituents is 1. The van der Waals surface area contributed by atoms with Gasteiger partial charge in [0.25, 0.3) is 5.91 Å². The Labute approximate surface area is 236 Å². The van der Waals surface area contributed by atoms with Crippen molar-refractivity contribution in [2.75, 3.05) is 33.1 Å². The van der Waals surface area contributed by atoms with Gasteiger partial charge in [0.05, 0.1) is 17.2 Å². The molecule has 1 aromatic carbocycles. The van der Waals surface area contributed by atoms with E-state index in [1.165, 1.54) is 4.90 Å². The average Bonchev–Trinajstić information content (AvgIpc) is 2.90. The number of ketones is 2. The van der Waals surface area contributed by atoms with Gasteiger partial charge in [-0.3, -0.25) is 19.3 Å². The molecule has 41 heavy (non-hydrogen) atoms. The molecule has 4 atom stereocenters. The summed E-state index contributed by atoms with van der Waals surface area (Å²) in [6.45, 7) is 0. The van der Waals surface area contributed by atoms with Crippen LogP contribution < -0.4 is 10.6 Å². The normalized spacial score (nSPS) is 25.3. The number of nitrogens with zero attached hydrogens (tertiary/aromatic N) is 3. The van der Waals surface area contributed by atoms with Crippen molar-refractivity contribution in [3.63, 3.8) is 0 Å². The van der Waals surface area contributed by atoms with Gasteiger partial charge in [0.15, 0.2) is 11.4 Å². The quantitative estimate of drug-likeness (QED) is 0.269. The number of carbonyl (C=O) groups excluding carboxylic acids is 3. The molecule has 6 N–H and O–H groups in total. The van der Waals surface area contributed by atoms with Crippen molar-refractivity contribution in [2.45, 2.75) is 24.5 Å². The molecule has 0 saturated carbocycles. The Morgan fingerprint density at radius 3 is 2.41 bits per heavy atom. The van der Waals surface area contributed by atoms with Gasteiger partial charge in [-0.2, -0.15) is 0 Å². The maximum atomic E-state index is 14.1. The number of aromatic hydroxyl groups is 1. The van der Waals surface area contributed by atoms with Gasteiger partial charge in [0.2, 0.25) is 5.78 Å². The van der Waals surface area contributed by atoms with Crippen molar-refractivity contribution in [3.05, 3.63) is 75.5 Å². The van der Waals surface area contributed by atoms with E-state index in [4.69, 9.17) is 5.73 Å². The van der Waals surface area contributed by atoms with E-state index in [0.29, 0.717) is 16.9 Å². The second kappa shape index (κ2) is 9.76. The molecule has 1 amide bonds. The summed E-state index contributed by atoms with van der Waals surface area (Å²) in [5.74, 6) is -1.25. The first-order valence-electron chi connectivity index (χ1n) is 12.9. The molecule has 212 valence electrons. The predicted octanol–water partition coefficient (Wildman–Crippen LogP) is 0.981. The second-order valence-electron chi connectivity index (χ2n) is 11.0. The minimum atomic E-state index is -2.69. The number of nitrogens with two attached hydrogens (primary N) is 1. The lowest BCUT2D eigenvalue weighted by Crippen LogP contribution is -2.63. The number of hydrogen-bond donors (Lipinski definition) is 5. The van der Waals surface area contributed by atoms with Gasteiger partial charge in [0, 0.05) is 37.5 Å². The molecule has 0 bridgehead atoms. The number of rotatable bonds is 3. The molecule has 2 aromatic rings. The number of primary amides is 1. The summed E-state index contributed by atoms with van der Waals surface area (Å²) in [4.78, 5) is 47.1. The van der Waals surface area contributed by atoms with Gasteiger partial charge in [-0.25, -0.2) is 4.98 Å². The Bertz CT molecular complexity index is 1630. The highest BCUT2D eigenvalue weighted by Crippen LogP contribution is 2.53. The lowest BCUT2D eigenvalue weighted by Gasteiger charge is -2.50. The standard InChI is InChI=1S/C30H30N4O7/c1-33(2)19-13-14(8-9-16-7-5-6-10-32-16)24(35)21-17(19)11-15-12-18-23(34(3)4)26(37)22(29(31)40)28(39)30(18,41)27(38)20(15)25(21)36/h5-7,10,13,15,18,23,35,37-38,41H,11-12H2,1-4H3,(H2,31,40). The molecule has 0 fully saturated rings. The summed E-state index contributed by atoms with van der Waals surface area (Å²) in [7, 11) is 6.74. The van der Waals surface area contributed by atoms with E-state index in [9.17, 15) is 34.8 Å². The number of Topliss-reactive ketones (excluding diaryl/α,β-unsaturated/α-hetero) is 2. The molecule has 1 heterocycles. The number of anilines is 1. The van der Waals surface area contributed by atoms with E-state index >= 15 is 0 Å². The van der Waals surface area contributed by atoms with E-state index in [2.05, 4.69) is 16.8 Å². The Kier molecular flexibility index (Phi) is 6.64. The fraction of sp³-hybridized carbons (Fsp3) is 0.333. The predicted molar refractivity (Wildman–Crippen MR) is 148 cm³/mol. The Hall–Kier alpha value is -4.66. The molecule has 4 unspecified atom stereocenters. The Morgan fingerprint density at radius 1 is 1.12 bits per heavy atom. The molecule has 0 spiro atoms. The van der Waals surface area contributed by atoms with Crippen LogP contribution in [0.15, 0.2) is 53.1 Å². The van der Waals surface area contributed by atoms with Gasteiger partial charge in [-0.1, -0.05) is 12.0 Å². The molecule has 0 aliphatic heterocycles. The molecule has 5 rings (SSSR count). The molecule has 3 aliphatic rings. The number of allylic oxidation sites excluding steroid dienone is 1. The Morgan fingerprint density at radius 2 is 1.83 bits per heavy atom. The maximum Gasteiger partial charge on any atom is 0.255 e. The molecular formula is C30H30N4O7. The van der Waals surface area contributed by atoms with Gasteiger partial charge >= 0.3 is 0 Å². The van der Waals surface area contributed by atoms with E-state index in [1.54, 1.807) is 63.6 Å². The third kappa shape index (κ3) is 4.06. The van der Waals surface area contributed by atoms with Gasteiger partial charge in [-0.15, -0.1) is 0 Å². The van der Waals surface area contributed by atoms with Crippen LogP contribution in [0.25, 0.3) is 0 Å². The van der Waals surface area contributed by atoms with E-state index in [1.807, 2.05) is 0 Å². The number of aliphatic hydroxyl groups excluding tert-OH is 2. The minimum absolute atomic E-state index is 0.0145. The number of amides is 1. The van der Waals surface area contributed by atoms with Crippen molar-refractivity contribution >= 4 is 23.2 Å². The van der Waals surface area contributed by atoms with Crippen LogP contribution in [0.5, 0.6) is 5.75 Å². The number of benzene rings is 1. The van der Waals surface area contributed by atoms with Crippen LogP contribution in [0, 0.1) is 23.7 Å². The number of phenols is 1. The highest BCUT2D eigenvalue weighted by atomic mass is 16.3. The van der Waals surface area contributed by atoms with Crippen molar-refractivity contribution < 1.29 is 34.8 Å². The molecule has 11 nitrogen and oxygen atoms in total. The molecule has 0 radical (unpaired) electrons. The molecule has 1 aromatic heterocycles. The summed E-state index contributed by atoms with van der Waals surface area (Å²) in [6, 6.07) is 5.82.